The topological polar surface area (TPSA) is 21.3 Å². The molecule has 1 N–H and O–H groups in total. The van der Waals surface area contributed by atoms with E-state index in [1.54, 1.807) is 26.3 Å². The van der Waals surface area contributed by atoms with Crippen LogP contribution in [0.5, 0.6) is 5.75 Å². The van der Waals surface area contributed by atoms with Crippen LogP contribution in [-0.4, -0.2) is 14.2 Å². The highest BCUT2D eigenvalue weighted by atomic mass is 79.9. The highest BCUT2D eigenvalue weighted by molar-refractivity contribution is 9.10. The lowest BCUT2D eigenvalue weighted by molar-refractivity contribution is 0.408. The molecule has 0 aliphatic heterocycles. The van der Waals surface area contributed by atoms with Crippen LogP contribution in [0.15, 0.2) is 28.1 Å². The van der Waals surface area contributed by atoms with Crippen molar-refractivity contribution in [3.05, 3.63) is 49.3 Å². The molecule has 0 fully saturated rings. The Balaban J connectivity index is 2.52. The smallest absolute Gasteiger partial charge is 0.148 e. The second kappa shape index (κ2) is 6.22. The average molecular weight is 365 g/mol. The van der Waals surface area contributed by atoms with Gasteiger partial charge in [-0.05, 0) is 40.5 Å². The van der Waals surface area contributed by atoms with Gasteiger partial charge in [-0.25, -0.2) is 4.39 Å². The van der Waals surface area contributed by atoms with Crippen LogP contribution in [0.25, 0.3) is 0 Å². The molecule has 0 saturated carbocycles. The molecule has 1 aromatic heterocycles. The fourth-order valence-electron chi connectivity index (χ4n) is 1.88. The number of methoxy groups -OCH3 is 1. The van der Waals surface area contributed by atoms with E-state index in [0.29, 0.717) is 10.0 Å². The van der Waals surface area contributed by atoms with Gasteiger partial charge in [0.15, 0.2) is 0 Å². The van der Waals surface area contributed by atoms with Gasteiger partial charge in [0.05, 0.1) is 23.1 Å². The molecular formula is C13H12BrClFNOS. The Kier molecular flexibility index (Phi) is 4.84. The third-order valence-corrected chi connectivity index (χ3v) is 5.03. The van der Waals surface area contributed by atoms with Gasteiger partial charge < -0.3 is 10.1 Å². The SMILES string of the molecule is CNC(c1ccc(Br)c(Cl)c1F)c1sccc1OC. The van der Waals surface area contributed by atoms with Gasteiger partial charge in [0, 0.05) is 10.0 Å². The molecule has 102 valence electrons. The predicted molar refractivity (Wildman–Crippen MR) is 80.9 cm³/mol. The first kappa shape index (κ1) is 14.8. The van der Waals surface area contributed by atoms with Crippen molar-refractivity contribution >= 4 is 38.9 Å². The minimum atomic E-state index is -0.425. The van der Waals surface area contributed by atoms with Crippen LogP contribution < -0.4 is 10.1 Å². The highest BCUT2D eigenvalue weighted by Gasteiger charge is 2.23. The number of nitrogens with one attached hydrogen (secondary N) is 1. The summed E-state index contributed by atoms with van der Waals surface area (Å²) in [5.41, 5.74) is 0.497. The van der Waals surface area contributed by atoms with E-state index in [0.717, 1.165) is 10.6 Å². The first-order valence-electron chi connectivity index (χ1n) is 5.52. The number of hydrogen-bond donors (Lipinski definition) is 1. The minimum Gasteiger partial charge on any atom is -0.496 e. The summed E-state index contributed by atoms with van der Waals surface area (Å²) in [5, 5.41) is 5.10. The molecule has 0 aliphatic rings. The van der Waals surface area contributed by atoms with E-state index in [-0.39, 0.29) is 11.1 Å². The molecule has 1 unspecified atom stereocenters. The molecule has 0 radical (unpaired) electrons. The van der Waals surface area contributed by atoms with Gasteiger partial charge in [0.1, 0.15) is 11.6 Å². The summed E-state index contributed by atoms with van der Waals surface area (Å²) in [6.07, 6.45) is 0. The van der Waals surface area contributed by atoms with Crippen LogP contribution in [0.3, 0.4) is 0 Å². The van der Waals surface area contributed by atoms with E-state index in [2.05, 4.69) is 21.2 Å². The normalized spacial score (nSPS) is 12.5. The lowest BCUT2D eigenvalue weighted by atomic mass is 10.0. The summed E-state index contributed by atoms with van der Waals surface area (Å²) in [6, 6.07) is 5.03. The molecule has 0 aliphatic carbocycles. The number of ether oxygens (including phenoxy) is 1. The maximum atomic E-state index is 14.3. The molecule has 1 atom stereocenters. The van der Waals surface area contributed by atoms with Crippen LogP contribution in [0.4, 0.5) is 4.39 Å². The van der Waals surface area contributed by atoms with E-state index in [1.807, 2.05) is 11.4 Å². The van der Waals surface area contributed by atoms with Crippen LogP contribution in [0, 0.1) is 5.82 Å². The van der Waals surface area contributed by atoms with Crippen LogP contribution in [-0.2, 0) is 0 Å². The Labute approximate surface area is 128 Å². The lowest BCUT2D eigenvalue weighted by Crippen LogP contribution is -2.18. The standard InChI is InChI=1S/C13H12BrClFNOS/c1-17-12(13-9(18-2)5-6-19-13)7-3-4-8(14)10(15)11(7)16/h3-6,12,17H,1-2H3. The van der Waals surface area contributed by atoms with Gasteiger partial charge in [-0.1, -0.05) is 17.7 Å². The zero-order valence-corrected chi connectivity index (χ0v) is 13.5. The summed E-state index contributed by atoms with van der Waals surface area (Å²) >= 11 is 10.7. The monoisotopic (exact) mass is 363 g/mol. The summed E-state index contributed by atoms with van der Waals surface area (Å²) in [4.78, 5) is 0.919. The Bertz CT molecular complexity index is 590. The van der Waals surface area contributed by atoms with Crippen LogP contribution in [0.1, 0.15) is 16.5 Å². The van der Waals surface area contributed by atoms with Crippen molar-refractivity contribution in [2.24, 2.45) is 0 Å². The van der Waals surface area contributed by atoms with Crippen molar-refractivity contribution in [2.75, 3.05) is 14.2 Å². The molecule has 0 saturated heterocycles. The summed E-state index contributed by atoms with van der Waals surface area (Å²) in [7, 11) is 3.38. The third kappa shape index (κ3) is 2.79. The zero-order valence-electron chi connectivity index (χ0n) is 10.3. The van der Waals surface area contributed by atoms with Crippen molar-refractivity contribution in [3.8, 4) is 5.75 Å². The van der Waals surface area contributed by atoms with Crippen molar-refractivity contribution in [1.82, 2.24) is 5.32 Å². The summed E-state index contributed by atoms with van der Waals surface area (Å²) < 4.78 is 20.1. The van der Waals surface area contributed by atoms with Gasteiger partial charge >= 0.3 is 0 Å². The van der Waals surface area contributed by atoms with E-state index >= 15 is 0 Å². The number of thiophene rings is 1. The molecule has 6 heteroatoms. The quantitative estimate of drug-likeness (QED) is 0.799. The second-order valence-electron chi connectivity index (χ2n) is 3.84. The maximum Gasteiger partial charge on any atom is 0.148 e. The Hall–Kier alpha value is -0.620. The van der Waals surface area contributed by atoms with Crippen LogP contribution in [0.2, 0.25) is 5.02 Å². The Morgan fingerprint density at radius 2 is 2.16 bits per heavy atom. The molecule has 0 bridgehead atoms. The maximum absolute atomic E-state index is 14.3. The first-order chi connectivity index (χ1) is 9.10. The highest BCUT2D eigenvalue weighted by Crippen LogP contribution is 2.38. The fourth-order valence-corrected chi connectivity index (χ4v) is 3.34. The van der Waals surface area contributed by atoms with E-state index in [1.165, 1.54) is 11.3 Å². The van der Waals surface area contributed by atoms with Gasteiger partial charge in [0.25, 0.3) is 0 Å². The van der Waals surface area contributed by atoms with Gasteiger partial charge in [-0.15, -0.1) is 11.3 Å². The Morgan fingerprint density at radius 3 is 2.79 bits per heavy atom. The number of halogens is 3. The molecule has 2 nitrogen and oxygen atoms in total. The molecular weight excluding hydrogens is 353 g/mol. The number of hydrogen-bond acceptors (Lipinski definition) is 3. The summed E-state index contributed by atoms with van der Waals surface area (Å²) in [6.45, 7) is 0. The van der Waals surface area contributed by atoms with Crippen LogP contribution >= 0.6 is 38.9 Å². The van der Waals surface area contributed by atoms with Gasteiger partial charge in [0.2, 0.25) is 0 Å². The number of rotatable bonds is 4. The Morgan fingerprint density at radius 1 is 1.42 bits per heavy atom. The van der Waals surface area contributed by atoms with E-state index in [9.17, 15) is 4.39 Å². The fraction of sp³-hybridized carbons (Fsp3) is 0.231. The van der Waals surface area contributed by atoms with E-state index in [4.69, 9.17) is 16.3 Å². The van der Waals surface area contributed by atoms with Crippen molar-refractivity contribution in [1.29, 1.82) is 0 Å². The largest absolute Gasteiger partial charge is 0.496 e. The minimum absolute atomic E-state index is 0.0910. The van der Waals surface area contributed by atoms with Gasteiger partial charge in [-0.3, -0.25) is 0 Å². The van der Waals surface area contributed by atoms with Crippen molar-refractivity contribution < 1.29 is 9.13 Å². The number of benzene rings is 1. The molecule has 2 rings (SSSR count). The predicted octanol–water partition coefficient (Wildman–Crippen LogP) is 4.62. The zero-order chi connectivity index (χ0) is 14.0. The van der Waals surface area contributed by atoms with Crippen molar-refractivity contribution in [3.63, 3.8) is 0 Å². The first-order valence-corrected chi connectivity index (χ1v) is 7.57. The molecule has 1 heterocycles. The third-order valence-electron chi connectivity index (χ3n) is 2.80. The lowest BCUT2D eigenvalue weighted by Gasteiger charge is -2.18. The molecule has 0 spiro atoms. The molecule has 2 aromatic rings. The average Bonchev–Trinajstić information content (AvgIpc) is 2.88. The molecule has 1 aromatic carbocycles. The van der Waals surface area contributed by atoms with Crippen molar-refractivity contribution in [2.45, 2.75) is 6.04 Å². The molecule has 19 heavy (non-hydrogen) atoms. The molecule has 0 amide bonds. The van der Waals surface area contributed by atoms with Gasteiger partial charge in [-0.2, -0.15) is 0 Å². The van der Waals surface area contributed by atoms with E-state index < -0.39 is 5.82 Å². The summed E-state index contributed by atoms with van der Waals surface area (Å²) in [5.74, 6) is 0.314. The second-order valence-corrected chi connectivity index (χ2v) is 6.02.